The molecule has 0 heterocycles. The lowest BCUT2D eigenvalue weighted by atomic mass is 9.47. The first kappa shape index (κ1) is 39.7. The van der Waals surface area contributed by atoms with Crippen LogP contribution in [0.5, 0.6) is 0 Å². The highest BCUT2D eigenvalue weighted by Gasteiger charge is 2.59. The van der Waals surface area contributed by atoms with Crippen LogP contribution < -0.4 is 11.5 Å². The zero-order valence-electron chi connectivity index (χ0n) is 32.8. The number of amides is 1. The third-order valence-corrected chi connectivity index (χ3v) is 14.9. The molecule has 0 radical (unpaired) electrons. The molecule has 0 spiro atoms. The first-order chi connectivity index (χ1) is 23.1. The number of carbonyl (C=O) groups is 1. The molecule has 0 saturated heterocycles. The molecule has 5 heteroatoms. The zero-order valence-corrected chi connectivity index (χ0v) is 32.8. The molecule has 4 aliphatic rings. The molecule has 0 aliphatic heterocycles. The fourth-order valence-corrected chi connectivity index (χ4v) is 11.7. The lowest BCUT2D eigenvalue weighted by Gasteiger charge is -2.58. The normalized spacial score (nSPS) is 32.6. The van der Waals surface area contributed by atoms with Gasteiger partial charge in [-0.15, -0.1) is 0 Å². The van der Waals surface area contributed by atoms with Crippen LogP contribution in [-0.4, -0.2) is 43.3 Å². The van der Waals surface area contributed by atoms with Crippen LogP contribution in [0.2, 0.25) is 0 Å². The van der Waals surface area contributed by atoms with Crippen molar-refractivity contribution in [1.29, 1.82) is 0 Å². The second-order valence-corrected chi connectivity index (χ2v) is 18.1. The minimum atomic E-state index is -0.0716. The molecule has 0 unspecified atom stereocenters. The minimum absolute atomic E-state index is 0.0392. The van der Waals surface area contributed by atoms with Gasteiger partial charge in [-0.25, -0.2) is 4.79 Å². The van der Waals surface area contributed by atoms with E-state index in [9.17, 15) is 4.79 Å². The van der Waals surface area contributed by atoms with E-state index in [4.69, 9.17) is 4.74 Å². The van der Waals surface area contributed by atoms with E-state index in [1.807, 2.05) is 4.90 Å². The van der Waals surface area contributed by atoms with Crippen LogP contribution in [-0.2, 0) is 4.74 Å². The second kappa shape index (κ2) is 19.0. The van der Waals surface area contributed by atoms with Crippen molar-refractivity contribution in [1.82, 2.24) is 4.90 Å². The highest BCUT2D eigenvalue weighted by atomic mass is 16.6. The summed E-state index contributed by atoms with van der Waals surface area (Å²) < 4.78 is 6.32. The van der Waals surface area contributed by atoms with Crippen LogP contribution in [0.4, 0.5) is 4.79 Å². The number of rotatable bonds is 20. The van der Waals surface area contributed by atoms with E-state index < -0.39 is 0 Å². The molecule has 5 nitrogen and oxygen atoms in total. The summed E-state index contributed by atoms with van der Waals surface area (Å²) in [7, 11) is 0. The van der Waals surface area contributed by atoms with Gasteiger partial charge in [-0.1, -0.05) is 98.1 Å². The van der Waals surface area contributed by atoms with E-state index in [2.05, 4.69) is 59.1 Å². The van der Waals surface area contributed by atoms with E-state index in [1.165, 1.54) is 103 Å². The van der Waals surface area contributed by atoms with Crippen LogP contribution >= 0.6 is 0 Å². The molecule has 3 fully saturated rings. The number of unbranched alkanes of at least 4 members (excludes halogenated alkanes) is 7. The first-order valence-corrected chi connectivity index (χ1v) is 21.3. The van der Waals surface area contributed by atoms with Crippen molar-refractivity contribution < 1.29 is 21.0 Å². The molecule has 4 aliphatic carbocycles. The van der Waals surface area contributed by atoms with Crippen molar-refractivity contribution in [2.75, 3.05) is 26.2 Å². The molecule has 4 rings (SSSR count). The fourth-order valence-electron chi connectivity index (χ4n) is 11.7. The van der Waals surface area contributed by atoms with Crippen molar-refractivity contribution in [3.63, 3.8) is 0 Å². The number of fused-ring (bicyclic) bond motifs is 5. The standard InChI is InChI=1S/C43H79N3O2/c1-7-34(32(2)3)18-17-33(4)38-21-22-39-37-20-19-35-31-36(23-25-42(35,5)40(37)24-26-43(38,39)6)48-41(47)46(30-16-28-45)29-15-13-11-9-8-10-12-14-27-44/h19,32-34,36-40H,7-18,20-31,44-45H2,1-6H3/p+2/t33-,34-,36+,37+,38-,39+,40+,42+,43-/m1/s1. The van der Waals surface area contributed by atoms with Gasteiger partial charge in [-0.05, 0) is 123 Å². The molecule has 0 aromatic heterocycles. The Balaban J connectivity index is 1.29. The van der Waals surface area contributed by atoms with Crippen molar-refractivity contribution in [3.8, 4) is 0 Å². The maximum Gasteiger partial charge on any atom is 0.410 e. The van der Waals surface area contributed by atoms with Gasteiger partial charge < -0.3 is 21.1 Å². The molecule has 0 aromatic rings. The van der Waals surface area contributed by atoms with Crippen LogP contribution in [0.3, 0.4) is 0 Å². The summed E-state index contributed by atoms with van der Waals surface area (Å²) in [6.45, 7) is 18.7. The number of hydrogen-bond donors (Lipinski definition) is 2. The Kier molecular flexibility index (Phi) is 15.7. The number of ether oxygens (including phenoxy) is 1. The smallest absolute Gasteiger partial charge is 0.410 e. The zero-order chi connectivity index (χ0) is 34.7. The number of carbonyl (C=O) groups excluding carboxylic acids is 1. The summed E-state index contributed by atoms with van der Waals surface area (Å²) >= 11 is 0. The van der Waals surface area contributed by atoms with E-state index in [0.29, 0.717) is 10.8 Å². The van der Waals surface area contributed by atoms with Crippen molar-refractivity contribution >= 4 is 6.09 Å². The van der Waals surface area contributed by atoms with Gasteiger partial charge in [-0.2, -0.15) is 0 Å². The summed E-state index contributed by atoms with van der Waals surface area (Å²) in [5.74, 6) is 6.00. The summed E-state index contributed by atoms with van der Waals surface area (Å²) in [4.78, 5) is 15.5. The first-order valence-electron chi connectivity index (χ1n) is 21.3. The van der Waals surface area contributed by atoms with Crippen LogP contribution in [0, 0.1) is 52.3 Å². The summed E-state index contributed by atoms with van der Waals surface area (Å²) in [5, 5.41) is 0. The predicted molar refractivity (Wildman–Crippen MR) is 201 cm³/mol. The van der Waals surface area contributed by atoms with Crippen LogP contribution in [0.25, 0.3) is 0 Å². The molecular formula is C43H81N3O2+2. The number of nitrogens with zero attached hydrogens (tertiary/aromatic N) is 1. The average molecular weight is 672 g/mol. The SMILES string of the molecule is CC[C@H](CC[C@@H](C)[C@H]1CC[C@H]2[C@@H]3CC=C4C[C@@H](OC(=O)N(CCC[NH3+])CCCCCCCCCC[NH3+])CC[C@]4(C)[C@H]3CC[C@]12C)C(C)C. The molecule has 278 valence electrons. The Morgan fingerprint density at radius 3 is 2.19 bits per heavy atom. The second-order valence-electron chi connectivity index (χ2n) is 18.1. The monoisotopic (exact) mass is 672 g/mol. The highest BCUT2D eigenvalue weighted by Crippen LogP contribution is 2.67. The van der Waals surface area contributed by atoms with Crippen LogP contribution in [0.1, 0.15) is 170 Å². The molecule has 6 N–H and O–H groups in total. The molecule has 9 atom stereocenters. The Bertz CT molecular complexity index is 997. The topological polar surface area (TPSA) is 84.8 Å². The van der Waals surface area contributed by atoms with Gasteiger partial charge in [-0.3, -0.25) is 0 Å². The van der Waals surface area contributed by atoms with Gasteiger partial charge >= 0.3 is 6.09 Å². The maximum absolute atomic E-state index is 13.5. The van der Waals surface area contributed by atoms with Crippen LogP contribution in [0.15, 0.2) is 11.6 Å². The average Bonchev–Trinajstić information content (AvgIpc) is 3.42. The van der Waals surface area contributed by atoms with Gasteiger partial charge in [0.2, 0.25) is 0 Å². The van der Waals surface area contributed by atoms with Gasteiger partial charge in [0, 0.05) is 25.9 Å². The number of hydrogen-bond acceptors (Lipinski definition) is 2. The fraction of sp³-hybridized carbons (Fsp3) is 0.930. The van der Waals surface area contributed by atoms with Crippen molar-refractivity contribution in [3.05, 3.63) is 11.6 Å². The van der Waals surface area contributed by atoms with E-state index in [0.717, 1.165) is 93.3 Å². The lowest BCUT2D eigenvalue weighted by molar-refractivity contribution is -0.368. The Morgan fingerprint density at radius 2 is 1.52 bits per heavy atom. The predicted octanol–water partition coefficient (Wildman–Crippen LogP) is 9.47. The molecule has 0 aromatic carbocycles. The lowest BCUT2D eigenvalue weighted by Crippen LogP contribution is -2.52. The molecule has 1 amide bonds. The summed E-state index contributed by atoms with van der Waals surface area (Å²) in [5.41, 5.74) is 10.4. The van der Waals surface area contributed by atoms with Gasteiger partial charge in [0.25, 0.3) is 0 Å². The van der Waals surface area contributed by atoms with Crippen molar-refractivity contribution in [2.45, 2.75) is 176 Å². The van der Waals surface area contributed by atoms with E-state index >= 15 is 0 Å². The number of allylic oxidation sites excluding steroid dienone is 1. The minimum Gasteiger partial charge on any atom is -0.446 e. The van der Waals surface area contributed by atoms with Gasteiger partial charge in [0.05, 0.1) is 13.1 Å². The summed E-state index contributed by atoms with van der Waals surface area (Å²) in [6, 6.07) is 0. The van der Waals surface area contributed by atoms with Gasteiger partial charge in [0.15, 0.2) is 0 Å². The third-order valence-electron chi connectivity index (χ3n) is 14.9. The Hall–Kier alpha value is -1.07. The van der Waals surface area contributed by atoms with Crippen molar-refractivity contribution in [2.24, 2.45) is 52.3 Å². The Labute approximate surface area is 297 Å². The van der Waals surface area contributed by atoms with Gasteiger partial charge in [0.1, 0.15) is 6.10 Å². The molecule has 0 bridgehead atoms. The molecule has 48 heavy (non-hydrogen) atoms. The van der Waals surface area contributed by atoms with E-state index in [1.54, 1.807) is 5.57 Å². The van der Waals surface area contributed by atoms with E-state index in [-0.39, 0.29) is 12.2 Å². The number of quaternary nitrogens is 2. The Morgan fingerprint density at radius 1 is 0.854 bits per heavy atom. The highest BCUT2D eigenvalue weighted by molar-refractivity contribution is 5.67. The largest absolute Gasteiger partial charge is 0.446 e. The summed E-state index contributed by atoms with van der Waals surface area (Å²) in [6.07, 6.45) is 28.0. The molecular weight excluding hydrogens is 590 g/mol. The third kappa shape index (κ3) is 9.62. The quantitative estimate of drug-likeness (QED) is 0.0998. The molecule has 3 saturated carbocycles. The maximum atomic E-state index is 13.5.